The summed E-state index contributed by atoms with van der Waals surface area (Å²) in [6, 6.07) is 12.2. The predicted molar refractivity (Wildman–Crippen MR) is 183 cm³/mol. The topological polar surface area (TPSA) is 119 Å². The summed E-state index contributed by atoms with van der Waals surface area (Å²) in [6.45, 7) is 5.27. The van der Waals surface area contributed by atoms with E-state index in [1.165, 1.54) is 49.7 Å². The second kappa shape index (κ2) is 16.3. The van der Waals surface area contributed by atoms with Crippen LogP contribution in [0.25, 0.3) is 11.4 Å². The van der Waals surface area contributed by atoms with Crippen molar-refractivity contribution in [2.75, 3.05) is 13.2 Å². The lowest BCUT2D eigenvalue weighted by molar-refractivity contribution is -0.123. The van der Waals surface area contributed by atoms with E-state index in [0.29, 0.717) is 31.8 Å². The summed E-state index contributed by atoms with van der Waals surface area (Å²) in [5.74, 6) is 3.29. The van der Waals surface area contributed by atoms with E-state index in [4.69, 9.17) is 9.47 Å². The largest absolute Gasteiger partial charge is 0.373 e. The highest BCUT2D eigenvalue weighted by Crippen LogP contribution is 2.35. The summed E-state index contributed by atoms with van der Waals surface area (Å²) in [7, 11) is 0. The molecule has 0 spiro atoms. The Bertz CT molecular complexity index is 1470. The Morgan fingerprint density at radius 2 is 1.83 bits per heavy atom. The van der Waals surface area contributed by atoms with Gasteiger partial charge in [-0.15, -0.1) is 5.10 Å². The fourth-order valence-electron chi connectivity index (χ4n) is 7.11. The van der Waals surface area contributed by atoms with Crippen molar-refractivity contribution in [1.29, 1.82) is 0 Å². The minimum atomic E-state index is -0.0715. The third-order valence-electron chi connectivity index (χ3n) is 9.89. The molecule has 2 aliphatic carbocycles. The number of hydrogen-bond acceptors (Lipinski definition) is 8. The maximum atomic E-state index is 12.4. The number of rotatable bonds is 12. The van der Waals surface area contributed by atoms with E-state index in [1.807, 2.05) is 18.2 Å². The summed E-state index contributed by atoms with van der Waals surface area (Å²) >= 11 is 1.58. The zero-order valence-corrected chi connectivity index (χ0v) is 28.6. The van der Waals surface area contributed by atoms with E-state index < -0.39 is 0 Å². The number of aromatic nitrogens is 4. The number of benzene rings is 1. The lowest BCUT2D eigenvalue weighted by atomic mass is 9.85. The monoisotopic (exact) mass is 659 g/mol. The molecule has 0 unspecified atom stereocenters. The van der Waals surface area contributed by atoms with Gasteiger partial charge >= 0.3 is 0 Å². The number of ketones is 1. The number of fused-ring (bicyclic) bond motifs is 1. The van der Waals surface area contributed by atoms with Crippen molar-refractivity contribution < 1.29 is 19.1 Å². The second-order valence-corrected chi connectivity index (χ2v) is 14.7. The molecule has 7 rings (SSSR count). The van der Waals surface area contributed by atoms with Crippen molar-refractivity contribution >= 4 is 23.5 Å². The van der Waals surface area contributed by atoms with E-state index in [9.17, 15) is 9.59 Å². The molecule has 4 heterocycles. The van der Waals surface area contributed by atoms with Crippen LogP contribution in [0.3, 0.4) is 0 Å². The molecule has 4 fully saturated rings. The van der Waals surface area contributed by atoms with Gasteiger partial charge in [0.15, 0.2) is 5.82 Å². The number of thioether (sulfide) groups is 1. The van der Waals surface area contributed by atoms with Gasteiger partial charge in [-0.3, -0.25) is 19.7 Å². The summed E-state index contributed by atoms with van der Waals surface area (Å²) in [4.78, 5) is 33.2. The first-order valence-corrected chi connectivity index (χ1v) is 18.5. The van der Waals surface area contributed by atoms with E-state index in [1.54, 1.807) is 18.0 Å². The first-order chi connectivity index (χ1) is 22.9. The average Bonchev–Trinajstić information content (AvgIpc) is 3.51. The van der Waals surface area contributed by atoms with Crippen LogP contribution < -0.4 is 5.32 Å². The van der Waals surface area contributed by atoms with Crippen LogP contribution in [-0.2, 0) is 24.8 Å². The SMILES string of the molecule is Cc1ccc(-c2nc(SCc3ccccn3)n[nH]2)c(C)c1.O=C(CCCC1CCCCC1)C[C@H]1CO[C@H]2[C@@H]1OC[C@@H]2NC(=O)C1CC1. The van der Waals surface area contributed by atoms with Gasteiger partial charge in [-0.25, -0.2) is 4.98 Å². The van der Waals surface area contributed by atoms with E-state index in [0.717, 1.165) is 53.2 Å². The van der Waals surface area contributed by atoms with Crippen molar-refractivity contribution in [2.45, 2.75) is 114 Å². The highest BCUT2D eigenvalue weighted by atomic mass is 32.2. The van der Waals surface area contributed by atoms with Crippen LogP contribution in [0.1, 0.15) is 87.4 Å². The van der Waals surface area contributed by atoms with Gasteiger partial charge in [0.1, 0.15) is 11.9 Å². The molecule has 3 aromatic rings. The third kappa shape index (κ3) is 9.51. The number of Topliss-reactive ketones (excluding diaryl/α,β-unsaturated/α-hetero) is 1. The number of carbonyl (C=O) groups is 2. The molecular formula is C37H49N5O4S. The van der Waals surface area contributed by atoms with Crippen molar-refractivity contribution in [2.24, 2.45) is 17.8 Å². The number of aryl methyl sites for hydroxylation is 2. The number of pyridine rings is 1. The lowest BCUT2D eigenvalue weighted by Gasteiger charge is -2.21. The number of aromatic amines is 1. The number of nitrogens with one attached hydrogen (secondary N) is 2. The Morgan fingerprint density at radius 1 is 1.00 bits per heavy atom. The number of nitrogens with zero attached hydrogens (tertiary/aromatic N) is 3. The van der Waals surface area contributed by atoms with E-state index in [-0.39, 0.29) is 36.0 Å². The number of amides is 1. The highest BCUT2D eigenvalue weighted by Gasteiger charge is 2.49. The molecule has 2 N–H and O–H groups in total. The Morgan fingerprint density at radius 3 is 2.60 bits per heavy atom. The molecule has 4 aliphatic rings. The van der Waals surface area contributed by atoms with Crippen LogP contribution in [-0.4, -0.2) is 63.3 Å². The van der Waals surface area contributed by atoms with E-state index >= 15 is 0 Å². The number of H-pyrrole nitrogens is 1. The summed E-state index contributed by atoms with van der Waals surface area (Å²) in [5, 5.41) is 11.1. The molecule has 1 aromatic carbocycles. The third-order valence-corrected chi connectivity index (χ3v) is 10.8. The van der Waals surface area contributed by atoms with Crippen LogP contribution in [0.15, 0.2) is 47.8 Å². The fourth-order valence-corrected chi connectivity index (χ4v) is 7.83. The maximum absolute atomic E-state index is 12.4. The minimum absolute atomic E-state index is 0.0261. The van der Waals surface area contributed by atoms with Crippen molar-refractivity contribution in [3.05, 3.63) is 59.4 Å². The van der Waals surface area contributed by atoms with Crippen molar-refractivity contribution in [1.82, 2.24) is 25.5 Å². The second-order valence-electron chi connectivity index (χ2n) is 13.8. The Hall–Kier alpha value is -3.08. The van der Waals surface area contributed by atoms with Gasteiger partial charge < -0.3 is 14.8 Å². The molecule has 2 aromatic heterocycles. The number of hydrogen-bond donors (Lipinski definition) is 2. The molecule has 1 amide bonds. The van der Waals surface area contributed by atoms with Gasteiger partial charge in [-0.05, 0) is 56.7 Å². The molecular weight excluding hydrogens is 611 g/mol. The van der Waals surface area contributed by atoms with Gasteiger partial charge in [0.2, 0.25) is 11.1 Å². The van der Waals surface area contributed by atoms with Gasteiger partial charge in [0, 0.05) is 42.2 Å². The number of carbonyl (C=O) groups excluding carboxylic acids is 2. The molecule has 47 heavy (non-hydrogen) atoms. The molecule has 2 aliphatic heterocycles. The summed E-state index contributed by atoms with van der Waals surface area (Å²) in [6.07, 6.45) is 14.1. The smallest absolute Gasteiger partial charge is 0.223 e. The zero-order chi connectivity index (χ0) is 32.6. The lowest BCUT2D eigenvalue weighted by Crippen LogP contribution is -2.44. The Kier molecular flexibility index (Phi) is 11.8. The Balaban J connectivity index is 0.000000168. The van der Waals surface area contributed by atoms with Crippen LogP contribution in [0, 0.1) is 31.6 Å². The molecule has 2 saturated heterocycles. The average molecular weight is 660 g/mol. The Labute approximate surface area is 282 Å². The first kappa shape index (κ1) is 33.8. The van der Waals surface area contributed by atoms with Gasteiger partial charge in [0.05, 0.1) is 31.1 Å². The first-order valence-electron chi connectivity index (χ1n) is 17.5. The standard InChI is InChI=1S/C21H33NO4.C16H16N4S/c23-17(8-4-7-14-5-2-1-3-6-14)11-16-12-25-20-18(13-26-19(16)20)22-21(24)15-9-10-15;1-11-6-7-14(12(2)9-11)15-18-16(20-19-15)21-10-13-5-3-4-8-17-13/h14-16,18-20H,1-13H2,(H,22,24);3-9H,10H2,1-2H3,(H,18,19,20)/t16-,18-,19+,20+;/m0./s1. The molecule has 9 nitrogen and oxygen atoms in total. The van der Waals surface area contributed by atoms with Crippen molar-refractivity contribution in [3.8, 4) is 11.4 Å². The molecule has 2 saturated carbocycles. The van der Waals surface area contributed by atoms with Crippen LogP contribution >= 0.6 is 11.8 Å². The van der Waals surface area contributed by atoms with Crippen LogP contribution in [0.5, 0.6) is 0 Å². The molecule has 10 heteroatoms. The van der Waals surface area contributed by atoms with Crippen LogP contribution in [0.2, 0.25) is 0 Å². The molecule has 252 valence electrons. The molecule has 4 atom stereocenters. The van der Waals surface area contributed by atoms with Gasteiger partial charge in [0.25, 0.3) is 0 Å². The minimum Gasteiger partial charge on any atom is -0.373 e. The predicted octanol–water partition coefficient (Wildman–Crippen LogP) is 6.78. The molecule has 0 radical (unpaired) electrons. The van der Waals surface area contributed by atoms with Gasteiger partial charge in [-0.1, -0.05) is 80.1 Å². The van der Waals surface area contributed by atoms with E-state index in [2.05, 4.69) is 57.5 Å². The number of ether oxygens (including phenoxy) is 2. The fraction of sp³-hybridized carbons (Fsp3) is 0.595. The summed E-state index contributed by atoms with van der Waals surface area (Å²) in [5.41, 5.74) is 4.58. The normalized spacial score (nSPS) is 24.0. The summed E-state index contributed by atoms with van der Waals surface area (Å²) < 4.78 is 11.8. The molecule has 0 bridgehead atoms. The van der Waals surface area contributed by atoms with Gasteiger partial charge in [-0.2, -0.15) is 0 Å². The highest BCUT2D eigenvalue weighted by molar-refractivity contribution is 7.98. The maximum Gasteiger partial charge on any atom is 0.223 e. The van der Waals surface area contributed by atoms with Crippen molar-refractivity contribution in [3.63, 3.8) is 0 Å². The van der Waals surface area contributed by atoms with Crippen LogP contribution in [0.4, 0.5) is 0 Å². The quantitative estimate of drug-likeness (QED) is 0.204. The zero-order valence-electron chi connectivity index (χ0n) is 27.8.